The van der Waals surface area contributed by atoms with Crippen LogP contribution < -0.4 is 10.6 Å². The minimum Gasteiger partial charge on any atom is -0.334 e. The second-order valence-electron chi connectivity index (χ2n) is 3.62. The highest BCUT2D eigenvalue weighted by molar-refractivity contribution is 7.92. The van der Waals surface area contributed by atoms with Crippen LogP contribution in [-0.4, -0.2) is 32.7 Å². The average molecular weight is 282 g/mol. The summed E-state index contributed by atoms with van der Waals surface area (Å²) in [4.78, 5) is 22.6. The monoisotopic (exact) mass is 282 g/mol. The molecule has 0 unspecified atom stereocenters. The fraction of sp³-hybridized carbons (Fsp3) is 0.167. The van der Waals surface area contributed by atoms with Gasteiger partial charge in [-0.05, 0) is 12.1 Å². The molecule has 0 spiro atoms. The molecule has 3 amide bonds. The lowest BCUT2D eigenvalue weighted by Gasteiger charge is -2.06. The maximum Gasteiger partial charge on any atom is 0.321 e. The number of imide groups is 1. The van der Waals surface area contributed by atoms with E-state index in [1.807, 2.05) is 5.32 Å². The Morgan fingerprint density at radius 2 is 1.84 bits per heavy atom. The number of hydrogen-bond acceptors (Lipinski definition) is 4. The minimum atomic E-state index is -3.74. The van der Waals surface area contributed by atoms with Crippen LogP contribution in [0.5, 0.6) is 0 Å². The summed E-state index contributed by atoms with van der Waals surface area (Å²) in [6.07, 6.45) is 1.44. The lowest BCUT2D eigenvalue weighted by atomic mass is 10.4. The van der Waals surface area contributed by atoms with Gasteiger partial charge in [0.2, 0.25) is 5.91 Å². The zero-order chi connectivity index (χ0) is 14.3. The normalized spacial score (nSPS) is 10.5. The van der Waals surface area contributed by atoms with Crippen LogP contribution in [0.2, 0.25) is 0 Å². The molecule has 0 aliphatic carbocycles. The van der Waals surface area contributed by atoms with Crippen LogP contribution in [0, 0.1) is 0 Å². The van der Waals surface area contributed by atoms with Crippen molar-refractivity contribution in [3.8, 4) is 0 Å². The molecular formula is C12H14N2O4S. The summed E-state index contributed by atoms with van der Waals surface area (Å²) in [7, 11) is -3.74. The molecule has 0 radical (unpaired) electrons. The van der Waals surface area contributed by atoms with E-state index < -0.39 is 27.5 Å². The molecule has 0 saturated heterocycles. The Kier molecular flexibility index (Phi) is 5.25. The fourth-order valence-corrected chi connectivity index (χ4v) is 2.41. The molecule has 0 heterocycles. The van der Waals surface area contributed by atoms with Gasteiger partial charge in [-0.2, -0.15) is 0 Å². The lowest BCUT2D eigenvalue weighted by molar-refractivity contribution is -0.117. The van der Waals surface area contributed by atoms with E-state index >= 15 is 0 Å². The van der Waals surface area contributed by atoms with Gasteiger partial charge in [0.25, 0.3) is 0 Å². The Morgan fingerprint density at radius 1 is 1.21 bits per heavy atom. The molecule has 19 heavy (non-hydrogen) atoms. The van der Waals surface area contributed by atoms with Crippen LogP contribution in [0.1, 0.15) is 0 Å². The van der Waals surface area contributed by atoms with Gasteiger partial charge >= 0.3 is 6.03 Å². The molecule has 0 aliphatic rings. The van der Waals surface area contributed by atoms with Gasteiger partial charge in [0.05, 0.1) is 4.90 Å². The van der Waals surface area contributed by atoms with Crippen molar-refractivity contribution in [2.24, 2.45) is 0 Å². The Morgan fingerprint density at radius 3 is 2.42 bits per heavy atom. The zero-order valence-corrected chi connectivity index (χ0v) is 10.9. The Bertz CT molecular complexity index is 567. The molecule has 6 nitrogen and oxygen atoms in total. The number of amides is 3. The van der Waals surface area contributed by atoms with Gasteiger partial charge in [-0.1, -0.05) is 24.3 Å². The quantitative estimate of drug-likeness (QED) is 0.768. The van der Waals surface area contributed by atoms with Gasteiger partial charge in [0.1, 0.15) is 5.75 Å². The first-order chi connectivity index (χ1) is 8.95. The summed E-state index contributed by atoms with van der Waals surface area (Å²) < 4.78 is 23.7. The van der Waals surface area contributed by atoms with Gasteiger partial charge < -0.3 is 5.32 Å². The molecule has 0 saturated carbocycles. The zero-order valence-electron chi connectivity index (χ0n) is 10.1. The molecule has 0 fully saturated rings. The number of rotatable bonds is 5. The second kappa shape index (κ2) is 6.69. The summed E-state index contributed by atoms with van der Waals surface area (Å²) in [5.74, 6) is -1.66. The number of hydrogen-bond donors (Lipinski definition) is 2. The minimum absolute atomic E-state index is 0.0386. The van der Waals surface area contributed by atoms with Crippen LogP contribution in [0.25, 0.3) is 0 Å². The summed E-state index contributed by atoms with van der Waals surface area (Å²) in [5, 5.41) is 4.23. The highest BCUT2D eigenvalue weighted by Crippen LogP contribution is 2.09. The molecule has 1 aromatic rings. The van der Waals surface area contributed by atoms with Gasteiger partial charge in [-0.3, -0.25) is 10.1 Å². The Hall–Kier alpha value is -2.15. The highest BCUT2D eigenvalue weighted by atomic mass is 32.2. The van der Waals surface area contributed by atoms with Crippen LogP contribution in [0.15, 0.2) is 47.9 Å². The number of carbonyl (C=O) groups excluding carboxylic acids is 2. The largest absolute Gasteiger partial charge is 0.334 e. The fourth-order valence-electron chi connectivity index (χ4n) is 1.26. The number of benzene rings is 1. The van der Waals surface area contributed by atoms with Gasteiger partial charge in [-0.15, -0.1) is 6.58 Å². The van der Waals surface area contributed by atoms with E-state index in [0.29, 0.717) is 0 Å². The molecule has 2 N–H and O–H groups in total. The summed E-state index contributed by atoms with van der Waals surface area (Å²) in [6, 6.07) is 6.80. The van der Waals surface area contributed by atoms with Crippen molar-refractivity contribution >= 4 is 21.8 Å². The molecule has 0 bridgehead atoms. The van der Waals surface area contributed by atoms with Crippen LogP contribution in [-0.2, 0) is 14.6 Å². The SMILES string of the molecule is C=CCNC(=O)NC(=O)CS(=O)(=O)c1ccccc1. The highest BCUT2D eigenvalue weighted by Gasteiger charge is 2.20. The predicted molar refractivity (Wildman–Crippen MR) is 70.2 cm³/mol. The van der Waals surface area contributed by atoms with Crippen molar-refractivity contribution in [3.63, 3.8) is 0 Å². The average Bonchev–Trinajstić information content (AvgIpc) is 2.36. The topological polar surface area (TPSA) is 92.3 Å². The van der Waals surface area contributed by atoms with Crippen LogP contribution in [0.4, 0.5) is 4.79 Å². The smallest absolute Gasteiger partial charge is 0.321 e. The van der Waals surface area contributed by atoms with Gasteiger partial charge in [-0.25, -0.2) is 13.2 Å². The van der Waals surface area contributed by atoms with Gasteiger partial charge in [0, 0.05) is 6.54 Å². The molecule has 102 valence electrons. The summed E-state index contributed by atoms with van der Waals surface area (Å²) in [5.41, 5.74) is 0. The van der Waals surface area contributed by atoms with E-state index in [4.69, 9.17) is 0 Å². The van der Waals surface area contributed by atoms with E-state index in [1.54, 1.807) is 18.2 Å². The van der Waals surface area contributed by atoms with Crippen LogP contribution >= 0.6 is 0 Å². The van der Waals surface area contributed by atoms with E-state index in [2.05, 4.69) is 11.9 Å². The van der Waals surface area contributed by atoms with Crippen molar-refractivity contribution in [2.75, 3.05) is 12.3 Å². The molecule has 1 rings (SSSR count). The Balaban J connectivity index is 2.62. The van der Waals surface area contributed by atoms with Crippen molar-refractivity contribution in [1.82, 2.24) is 10.6 Å². The number of sulfone groups is 1. The first-order valence-electron chi connectivity index (χ1n) is 5.42. The summed E-state index contributed by atoms with van der Waals surface area (Å²) >= 11 is 0. The predicted octanol–water partition coefficient (Wildman–Crippen LogP) is 0.472. The standard InChI is InChI=1S/C12H14N2O4S/c1-2-8-13-12(16)14-11(15)9-19(17,18)10-6-4-3-5-7-10/h2-7H,1,8-9H2,(H2,13,14,15,16). The number of urea groups is 1. The van der Waals surface area contributed by atoms with E-state index in [1.165, 1.54) is 18.2 Å². The number of nitrogens with one attached hydrogen (secondary N) is 2. The first-order valence-corrected chi connectivity index (χ1v) is 7.07. The van der Waals surface area contributed by atoms with Crippen molar-refractivity contribution in [3.05, 3.63) is 43.0 Å². The van der Waals surface area contributed by atoms with E-state index in [-0.39, 0.29) is 11.4 Å². The molecule has 0 atom stereocenters. The van der Waals surface area contributed by atoms with E-state index in [9.17, 15) is 18.0 Å². The number of carbonyl (C=O) groups is 2. The van der Waals surface area contributed by atoms with Crippen molar-refractivity contribution < 1.29 is 18.0 Å². The van der Waals surface area contributed by atoms with E-state index in [0.717, 1.165) is 0 Å². The third-order valence-corrected chi connectivity index (χ3v) is 3.72. The summed E-state index contributed by atoms with van der Waals surface area (Å²) in [6.45, 7) is 3.57. The second-order valence-corrected chi connectivity index (χ2v) is 5.61. The lowest BCUT2D eigenvalue weighted by Crippen LogP contribution is -2.42. The molecular weight excluding hydrogens is 268 g/mol. The molecule has 0 aromatic heterocycles. The Labute approximate surface area is 111 Å². The van der Waals surface area contributed by atoms with Crippen LogP contribution in [0.3, 0.4) is 0 Å². The van der Waals surface area contributed by atoms with Crippen molar-refractivity contribution in [1.29, 1.82) is 0 Å². The maximum atomic E-state index is 11.8. The van der Waals surface area contributed by atoms with Gasteiger partial charge in [0.15, 0.2) is 9.84 Å². The van der Waals surface area contributed by atoms with Crippen molar-refractivity contribution in [2.45, 2.75) is 4.90 Å². The first kappa shape index (κ1) is 14.9. The molecule has 1 aromatic carbocycles. The molecule has 7 heteroatoms. The maximum absolute atomic E-state index is 11.8. The third kappa shape index (κ3) is 4.92. The molecule has 0 aliphatic heterocycles. The third-order valence-electron chi connectivity index (χ3n) is 2.08.